The minimum absolute atomic E-state index is 0.717. The summed E-state index contributed by atoms with van der Waals surface area (Å²) in [5, 5.41) is 4.76. The maximum absolute atomic E-state index is 5.15. The molecule has 0 saturated heterocycles. The Morgan fingerprint density at radius 1 is 0.295 bits per heavy atom. The van der Waals surface area contributed by atoms with Gasteiger partial charge in [0.2, 0.25) is 0 Å². The number of rotatable bonds is 5. The second kappa shape index (κ2) is 11.1. The maximum Gasteiger partial charge on any atom is 0.160 e. The minimum atomic E-state index is 0.717. The highest BCUT2D eigenvalue weighted by Gasteiger charge is 2.14. The lowest BCUT2D eigenvalue weighted by Crippen LogP contribution is -1.96. The van der Waals surface area contributed by atoms with Gasteiger partial charge in [0.15, 0.2) is 5.82 Å². The molecule has 0 saturated carbocycles. The van der Waals surface area contributed by atoms with Gasteiger partial charge in [0, 0.05) is 16.7 Å². The molecule has 0 N–H and O–H groups in total. The maximum atomic E-state index is 5.15. The molecule has 0 radical (unpaired) electrons. The summed E-state index contributed by atoms with van der Waals surface area (Å²) in [7, 11) is 0. The summed E-state index contributed by atoms with van der Waals surface area (Å²) in [5.74, 6) is 0.717. The number of nitrogens with zero attached hydrogens (tertiary/aromatic N) is 2. The van der Waals surface area contributed by atoms with Gasteiger partial charge >= 0.3 is 0 Å². The summed E-state index contributed by atoms with van der Waals surface area (Å²) in [6.07, 6.45) is 0. The van der Waals surface area contributed by atoms with Crippen LogP contribution >= 0.6 is 0 Å². The fourth-order valence-electron chi connectivity index (χ4n) is 6.07. The van der Waals surface area contributed by atoms with E-state index in [2.05, 4.69) is 152 Å². The summed E-state index contributed by atoms with van der Waals surface area (Å²) >= 11 is 0. The largest absolute Gasteiger partial charge is 0.228 e. The van der Waals surface area contributed by atoms with E-state index < -0.39 is 0 Å². The molecule has 8 rings (SSSR count). The van der Waals surface area contributed by atoms with Gasteiger partial charge in [0.05, 0.1) is 11.4 Å². The average molecular weight is 561 g/mol. The predicted molar refractivity (Wildman–Crippen MR) is 184 cm³/mol. The predicted octanol–water partition coefficient (Wildman–Crippen LogP) is 11.1. The molecule has 0 bridgehead atoms. The third-order valence-electron chi connectivity index (χ3n) is 8.28. The summed E-state index contributed by atoms with van der Waals surface area (Å²) in [6, 6.07) is 59.8. The van der Waals surface area contributed by atoms with Gasteiger partial charge < -0.3 is 0 Å². The van der Waals surface area contributed by atoms with Crippen LogP contribution in [0.15, 0.2) is 170 Å². The lowest BCUT2D eigenvalue weighted by molar-refractivity contribution is 1.19. The molecule has 1 heterocycles. The van der Waals surface area contributed by atoms with Crippen molar-refractivity contribution in [3.05, 3.63) is 170 Å². The van der Waals surface area contributed by atoms with Crippen molar-refractivity contribution in [2.75, 3.05) is 0 Å². The first-order valence-corrected chi connectivity index (χ1v) is 14.9. The van der Waals surface area contributed by atoms with Crippen LogP contribution in [-0.2, 0) is 0 Å². The van der Waals surface area contributed by atoms with Gasteiger partial charge in [-0.2, -0.15) is 0 Å². The van der Waals surface area contributed by atoms with Crippen molar-refractivity contribution < 1.29 is 0 Å². The van der Waals surface area contributed by atoms with E-state index in [0.29, 0.717) is 5.82 Å². The van der Waals surface area contributed by atoms with Gasteiger partial charge in [0.1, 0.15) is 0 Å². The topological polar surface area (TPSA) is 25.8 Å². The first kappa shape index (κ1) is 25.8. The van der Waals surface area contributed by atoms with Crippen LogP contribution in [-0.4, -0.2) is 9.97 Å². The molecule has 2 heteroatoms. The van der Waals surface area contributed by atoms with E-state index in [1.165, 1.54) is 43.8 Å². The Hall–Kier alpha value is -5.86. The summed E-state index contributed by atoms with van der Waals surface area (Å²) in [5.41, 5.74) is 9.81. The molecule has 2 nitrogen and oxygen atoms in total. The summed E-state index contributed by atoms with van der Waals surface area (Å²) < 4.78 is 0. The van der Waals surface area contributed by atoms with E-state index in [1.807, 2.05) is 18.2 Å². The van der Waals surface area contributed by atoms with Crippen molar-refractivity contribution in [2.45, 2.75) is 0 Å². The van der Waals surface area contributed by atoms with Crippen molar-refractivity contribution >= 4 is 21.5 Å². The SMILES string of the molecule is c1ccc(-c2ccc3cc(-c4cc(-c5cccc6c(-c7ccccc7)cccc56)nc(-c5ccccc5)n4)ccc3c2)cc1. The van der Waals surface area contributed by atoms with E-state index in [4.69, 9.17) is 9.97 Å². The molecule has 44 heavy (non-hydrogen) atoms. The number of fused-ring (bicyclic) bond motifs is 2. The first-order chi connectivity index (χ1) is 21.8. The molecule has 0 aliphatic rings. The van der Waals surface area contributed by atoms with Crippen molar-refractivity contribution in [2.24, 2.45) is 0 Å². The molecule has 7 aromatic carbocycles. The van der Waals surface area contributed by atoms with Crippen LogP contribution in [0.1, 0.15) is 0 Å². The van der Waals surface area contributed by atoms with Crippen LogP contribution < -0.4 is 0 Å². The number of hydrogen-bond acceptors (Lipinski definition) is 2. The first-order valence-electron chi connectivity index (χ1n) is 14.9. The molecular formula is C42H28N2. The average Bonchev–Trinajstić information content (AvgIpc) is 3.11. The van der Waals surface area contributed by atoms with Crippen molar-refractivity contribution in [1.29, 1.82) is 0 Å². The molecule has 0 amide bonds. The van der Waals surface area contributed by atoms with E-state index in [9.17, 15) is 0 Å². The number of hydrogen-bond donors (Lipinski definition) is 0. The van der Waals surface area contributed by atoms with Crippen molar-refractivity contribution in [1.82, 2.24) is 9.97 Å². The molecule has 1 aromatic heterocycles. The normalized spacial score (nSPS) is 11.2. The summed E-state index contributed by atoms with van der Waals surface area (Å²) in [6.45, 7) is 0. The van der Waals surface area contributed by atoms with Crippen molar-refractivity contribution in [3.63, 3.8) is 0 Å². The van der Waals surface area contributed by atoms with E-state index in [-0.39, 0.29) is 0 Å². The molecule has 0 spiro atoms. The highest BCUT2D eigenvalue weighted by molar-refractivity contribution is 6.04. The summed E-state index contributed by atoms with van der Waals surface area (Å²) in [4.78, 5) is 10.3. The second-order valence-electron chi connectivity index (χ2n) is 11.0. The zero-order valence-corrected chi connectivity index (χ0v) is 24.1. The zero-order chi connectivity index (χ0) is 29.3. The Kier molecular flexibility index (Phi) is 6.51. The third-order valence-corrected chi connectivity index (χ3v) is 8.28. The van der Waals surface area contributed by atoms with Crippen LogP contribution in [0, 0.1) is 0 Å². The monoisotopic (exact) mass is 560 g/mol. The fraction of sp³-hybridized carbons (Fsp3) is 0. The van der Waals surface area contributed by atoms with Crippen molar-refractivity contribution in [3.8, 4) is 56.2 Å². The van der Waals surface area contributed by atoms with Crippen LogP contribution in [0.3, 0.4) is 0 Å². The van der Waals surface area contributed by atoms with Crippen LogP contribution in [0.2, 0.25) is 0 Å². The quantitative estimate of drug-likeness (QED) is 0.209. The lowest BCUT2D eigenvalue weighted by Gasteiger charge is -2.13. The van der Waals surface area contributed by atoms with Crippen LogP contribution in [0.5, 0.6) is 0 Å². The molecule has 8 aromatic rings. The Morgan fingerprint density at radius 3 is 1.50 bits per heavy atom. The molecule has 0 fully saturated rings. The Labute approximate surface area is 257 Å². The smallest absolute Gasteiger partial charge is 0.160 e. The molecule has 0 aliphatic heterocycles. The van der Waals surface area contributed by atoms with Crippen LogP contribution in [0.4, 0.5) is 0 Å². The van der Waals surface area contributed by atoms with E-state index in [0.717, 1.165) is 28.1 Å². The lowest BCUT2D eigenvalue weighted by atomic mass is 9.94. The van der Waals surface area contributed by atoms with E-state index >= 15 is 0 Å². The number of aromatic nitrogens is 2. The molecule has 0 aliphatic carbocycles. The molecular weight excluding hydrogens is 532 g/mol. The fourth-order valence-corrected chi connectivity index (χ4v) is 6.07. The minimum Gasteiger partial charge on any atom is -0.228 e. The van der Waals surface area contributed by atoms with Gasteiger partial charge in [-0.15, -0.1) is 0 Å². The number of benzene rings is 7. The van der Waals surface area contributed by atoms with Crippen LogP contribution in [0.25, 0.3) is 77.7 Å². The van der Waals surface area contributed by atoms with Gasteiger partial charge in [-0.25, -0.2) is 9.97 Å². The molecule has 0 atom stereocenters. The van der Waals surface area contributed by atoms with E-state index in [1.54, 1.807) is 0 Å². The molecule has 0 unspecified atom stereocenters. The van der Waals surface area contributed by atoms with Gasteiger partial charge in [-0.05, 0) is 62.0 Å². The second-order valence-corrected chi connectivity index (χ2v) is 11.0. The Bertz CT molecular complexity index is 2260. The third kappa shape index (κ3) is 4.83. The zero-order valence-electron chi connectivity index (χ0n) is 24.1. The standard InChI is InChI=1S/C42H28N2/c1-4-12-29(13-5-1)32-22-23-34-27-35(25-24-33(34)26-32)40-28-41(44-42(43-40)31-16-8-3-9-17-31)39-21-11-19-37-36(18-10-20-38(37)39)30-14-6-2-7-15-30/h1-28H. The highest BCUT2D eigenvalue weighted by Crippen LogP contribution is 2.36. The van der Waals surface area contributed by atoms with Gasteiger partial charge in [0.25, 0.3) is 0 Å². The Balaban J connectivity index is 1.29. The van der Waals surface area contributed by atoms with Gasteiger partial charge in [-0.1, -0.05) is 152 Å². The highest BCUT2D eigenvalue weighted by atomic mass is 14.9. The van der Waals surface area contributed by atoms with Gasteiger partial charge in [-0.3, -0.25) is 0 Å². The Morgan fingerprint density at radius 2 is 0.818 bits per heavy atom. The molecule has 206 valence electrons.